The number of benzene rings is 3. The fraction of sp³-hybridized carbons (Fsp3) is 0.207. The van der Waals surface area contributed by atoms with Crippen LogP contribution in [0.25, 0.3) is 11.3 Å². The SMILES string of the molecule is CC(C)Oc1ccc(-c2[nH]nc3c2C(c2cccc(OCc4ccccc4F)c2)C(C#N)C(=N)O3)cc1. The van der Waals surface area contributed by atoms with Crippen LogP contribution in [0.1, 0.15) is 36.5 Å². The fourth-order valence-electron chi connectivity index (χ4n) is 4.45. The van der Waals surface area contributed by atoms with Crippen LogP contribution in [0.5, 0.6) is 17.4 Å². The lowest BCUT2D eigenvalue weighted by atomic mass is 9.79. The Bertz CT molecular complexity index is 1470. The Morgan fingerprint density at radius 2 is 1.86 bits per heavy atom. The maximum absolute atomic E-state index is 14.1. The molecule has 2 atom stereocenters. The highest BCUT2D eigenvalue weighted by atomic mass is 19.1. The van der Waals surface area contributed by atoms with Crippen LogP contribution >= 0.6 is 0 Å². The molecule has 0 fully saturated rings. The van der Waals surface area contributed by atoms with Crippen LogP contribution in [-0.4, -0.2) is 22.2 Å². The Morgan fingerprint density at radius 1 is 1.08 bits per heavy atom. The Kier molecular flexibility index (Phi) is 6.60. The van der Waals surface area contributed by atoms with Gasteiger partial charge in [0, 0.05) is 17.0 Å². The van der Waals surface area contributed by atoms with E-state index in [0.29, 0.717) is 22.6 Å². The van der Waals surface area contributed by atoms with Crippen LogP contribution in [0.15, 0.2) is 72.8 Å². The van der Waals surface area contributed by atoms with Crippen molar-refractivity contribution in [3.8, 4) is 34.7 Å². The minimum absolute atomic E-state index is 0.0545. The molecule has 7 nitrogen and oxygen atoms in total. The van der Waals surface area contributed by atoms with Gasteiger partial charge in [0.15, 0.2) is 0 Å². The largest absolute Gasteiger partial charge is 0.491 e. The quantitative estimate of drug-likeness (QED) is 0.316. The number of ether oxygens (including phenoxy) is 3. The van der Waals surface area contributed by atoms with Gasteiger partial charge in [-0.1, -0.05) is 30.3 Å². The zero-order valence-corrected chi connectivity index (χ0v) is 20.4. The smallest absolute Gasteiger partial charge is 0.244 e. The number of fused-ring (bicyclic) bond motifs is 1. The molecule has 0 amide bonds. The van der Waals surface area contributed by atoms with Gasteiger partial charge in [-0.3, -0.25) is 10.5 Å². The number of rotatable bonds is 7. The molecule has 0 saturated carbocycles. The highest BCUT2D eigenvalue weighted by molar-refractivity contribution is 5.86. The summed E-state index contributed by atoms with van der Waals surface area (Å²) in [4.78, 5) is 0. The second-order valence-electron chi connectivity index (χ2n) is 9.01. The van der Waals surface area contributed by atoms with Crippen LogP contribution in [0, 0.1) is 28.5 Å². The van der Waals surface area contributed by atoms with Crippen molar-refractivity contribution in [3.05, 3.63) is 95.3 Å². The van der Waals surface area contributed by atoms with Crippen LogP contribution in [0.4, 0.5) is 4.39 Å². The maximum Gasteiger partial charge on any atom is 0.244 e. The van der Waals surface area contributed by atoms with E-state index < -0.39 is 11.8 Å². The third-order valence-electron chi connectivity index (χ3n) is 6.13. The summed E-state index contributed by atoms with van der Waals surface area (Å²) in [6.07, 6.45) is 0.0545. The lowest BCUT2D eigenvalue weighted by Crippen LogP contribution is -2.30. The molecular weight excluding hydrogens is 471 g/mol. The number of H-pyrrole nitrogens is 1. The van der Waals surface area contributed by atoms with Crippen molar-refractivity contribution < 1.29 is 18.6 Å². The van der Waals surface area contributed by atoms with Crippen LogP contribution in [-0.2, 0) is 6.61 Å². The van der Waals surface area contributed by atoms with E-state index in [1.165, 1.54) is 6.07 Å². The van der Waals surface area contributed by atoms with Crippen LogP contribution in [0.2, 0.25) is 0 Å². The van der Waals surface area contributed by atoms with E-state index in [1.807, 2.05) is 56.3 Å². The maximum atomic E-state index is 14.1. The molecule has 8 heteroatoms. The number of nitriles is 1. The molecule has 37 heavy (non-hydrogen) atoms. The summed E-state index contributed by atoms with van der Waals surface area (Å²) in [5.74, 6) is -0.368. The normalized spacial score (nSPS) is 16.6. The molecule has 0 bridgehead atoms. The minimum Gasteiger partial charge on any atom is -0.491 e. The molecule has 1 aromatic heterocycles. The number of hydrogen-bond donors (Lipinski definition) is 2. The molecule has 3 aromatic carbocycles. The van der Waals surface area contributed by atoms with Crippen LogP contribution in [0.3, 0.4) is 0 Å². The van der Waals surface area contributed by atoms with E-state index in [4.69, 9.17) is 19.6 Å². The van der Waals surface area contributed by atoms with E-state index >= 15 is 0 Å². The third kappa shape index (κ3) is 4.89. The molecule has 0 radical (unpaired) electrons. The van der Waals surface area contributed by atoms with Crippen molar-refractivity contribution in [1.82, 2.24) is 10.2 Å². The Morgan fingerprint density at radius 3 is 2.59 bits per heavy atom. The van der Waals surface area contributed by atoms with Gasteiger partial charge in [-0.05, 0) is 61.9 Å². The predicted octanol–water partition coefficient (Wildman–Crippen LogP) is 6.22. The van der Waals surface area contributed by atoms with Gasteiger partial charge in [0.2, 0.25) is 11.8 Å². The number of aromatic nitrogens is 2. The summed E-state index contributed by atoms with van der Waals surface area (Å²) in [5.41, 5.74) is 3.43. The van der Waals surface area contributed by atoms with Gasteiger partial charge < -0.3 is 14.2 Å². The molecule has 186 valence electrons. The summed E-state index contributed by atoms with van der Waals surface area (Å²) < 4.78 is 31.3. The van der Waals surface area contributed by atoms with Crippen molar-refractivity contribution in [1.29, 1.82) is 10.7 Å². The predicted molar refractivity (Wildman–Crippen MR) is 136 cm³/mol. The van der Waals surface area contributed by atoms with E-state index in [1.54, 1.807) is 24.3 Å². The summed E-state index contributed by atoms with van der Waals surface area (Å²) in [6.45, 7) is 3.99. The lowest BCUT2D eigenvalue weighted by Gasteiger charge is -2.28. The monoisotopic (exact) mass is 496 g/mol. The number of halogens is 1. The minimum atomic E-state index is -0.866. The van der Waals surface area contributed by atoms with Gasteiger partial charge in [-0.2, -0.15) is 5.26 Å². The second kappa shape index (κ2) is 10.2. The topological polar surface area (TPSA) is 104 Å². The van der Waals surface area contributed by atoms with Crippen molar-refractivity contribution in [3.63, 3.8) is 0 Å². The lowest BCUT2D eigenvalue weighted by molar-refractivity contribution is 0.242. The molecule has 5 rings (SSSR count). The molecule has 2 N–H and O–H groups in total. The molecule has 4 aromatic rings. The van der Waals surface area contributed by atoms with E-state index in [0.717, 1.165) is 16.9 Å². The third-order valence-corrected chi connectivity index (χ3v) is 6.13. The Hall–Kier alpha value is -4.64. The molecule has 2 heterocycles. The van der Waals surface area contributed by atoms with Crippen molar-refractivity contribution >= 4 is 5.90 Å². The first-order chi connectivity index (χ1) is 17.9. The molecule has 1 aliphatic rings. The van der Waals surface area contributed by atoms with Gasteiger partial charge in [0.25, 0.3) is 0 Å². The number of nitrogens with zero attached hydrogens (tertiary/aromatic N) is 2. The fourth-order valence-corrected chi connectivity index (χ4v) is 4.45. The number of hydrogen-bond acceptors (Lipinski definition) is 6. The van der Waals surface area contributed by atoms with Crippen molar-refractivity contribution in [2.45, 2.75) is 32.5 Å². The second-order valence-corrected chi connectivity index (χ2v) is 9.01. The summed E-state index contributed by atoms with van der Waals surface area (Å²) in [7, 11) is 0. The van der Waals surface area contributed by atoms with E-state index in [9.17, 15) is 9.65 Å². The average Bonchev–Trinajstić information content (AvgIpc) is 3.31. The molecule has 1 aliphatic heterocycles. The van der Waals surface area contributed by atoms with E-state index in [-0.39, 0.29) is 30.3 Å². The zero-order chi connectivity index (χ0) is 25.9. The first-order valence-corrected chi connectivity index (χ1v) is 11.9. The van der Waals surface area contributed by atoms with Crippen molar-refractivity contribution in [2.75, 3.05) is 0 Å². The van der Waals surface area contributed by atoms with E-state index in [2.05, 4.69) is 16.3 Å². The summed E-state index contributed by atoms with van der Waals surface area (Å²) in [6, 6.07) is 23.6. The first kappa shape index (κ1) is 24.1. The highest BCUT2D eigenvalue weighted by Gasteiger charge is 2.41. The van der Waals surface area contributed by atoms with Crippen LogP contribution < -0.4 is 14.2 Å². The first-order valence-electron chi connectivity index (χ1n) is 11.9. The van der Waals surface area contributed by atoms with Gasteiger partial charge in [-0.25, -0.2) is 4.39 Å². The molecule has 0 aliphatic carbocycles. The Balaban J connectivity index is 1.51. The van der Waals surface area contributed by atoms with Gasteiger partial charge in [0.1, 0.15) is 29.8 Å². The average molecular weight is 497 g/mol. The number of nitrogens with one attached hydrogen (secondary N) is 2. The molecule has 0 spiro atoms. The molecular formula is C29H25FN4O3. The zero-order valence-electron chi connectivity index (χ0n) is 20.4. The highest BCUT2D eigenvalue weighted by Crippen LogP contribution is 2.46. The molecule has 0 saturated heterocycles. The summed E-state index contributed by atoms with van der Waals surface area (Å²) >= 11 is 0. The standard InChI is InChI=1S/C29H25FN4O3/c1-17(2)36-21-12-10-18(11-13-21)27-26-25(23(15-31)28(32)37-29(26)34-33-27)19-7-5-8-22(14-19)35-16-20-6-3-4-9-24(20)30/h3-14,17,23,25,32H,16H2,1-2H3,(H,33,34). The summed E-state index contributed by atoms with van der Waals surface area (Å²) in [5, 5.41) is 25.7. The number of aromatic amines is 1. The van der Waals surface area contributed by atoms with Gasteiger partial charge >= 0.3 is 0 Å². The Labute approximate surface area is 213 Å². The van der Waals surface area contributed by atoms with Gasteiger partial charge in [-0.15, -0.1) is 5.10 Å². The van der Waals surface area contributed by atoms with Gasteiger partial charge in [0.05, 0.1) is 23.4 Å². The van der Waals surface area contributed by atoms with Crippen molar-refractivity contribution in [2.24, 2.45) is 5.92 Å². The molecule has 2 unspecified atom stereocenters.